The van der Waals surface area contributed by atoms with Crippen molar-refractivity contribution < 1.29 is 4.79 Å². The molecule has 364 valence electrons. The highest BCUT2D eigenvalue weighted by Gasteiger charge is 2.20. The molecule has 0 saturated carbocycles. The molecule has 0 amide bonds. The first-order valence-electron chi connectivity index (χ1n) is 26.6. The average molecular weight is 995 g/mol. The Labute approximate surface area is 448 Å². The molecular formula is C73H46N4O. The van der Waals surface area contributed by atoms with Gasteiger partial charge in [-0.3, -0.25) is 4.79 Å². The molecule has 16 rings (SSSR count). The summed E-state index contributed by atoms with van der Waals surface area (Å²) in [5.74, 6) is -0.0143. The molecular weight excluding hydrogens is 949 g/mol. The minimum atomic E-state index is -0.0143. The van der Waals surface area contributed by atoms with Crippen LogP contribution in [0.2, 0.25) is 0 Å². The molecule has 12 aromatic carbocycles. The monoisotopic (exact) mass is 994 g/mol. The Kier molecular flexibility index (Phi) is 9.72. The van der Waals surface area contributed by atoms with Crippen molar-refractivity contribution in [2.45, 2.75) is 0 Å². The molecule has 0 N–H and O–H groups in total. The number of rotatable bonds is 8. The summed E-state index contributed by atoms with van der Waals surface area (Å²) in [6.07, 6.45) is 0. The molecule has 0 aliphatic rings. The molecule has 0 spiro atoms. The van der Waals surface area contributed by atoms with E-state index in [9.17, 15) is 4.79 Å². The number of aromatic nitrogens is 4. The second-order valence-electron chi connectivity index (χ2n) is 20.4. The van der Waals surface area contributed by atoms with Gasteiger partial charge in [-0.2, -0.15) is 0 Å². The lowest BCUT2D eigenvalue weighted by Crippen LogP contribution is -2.03. The molecule has 0 aliphatic carbocycles. The van der Waals surface area contributed by atoms with Gasteiger partial charge < -0.3 is 18.3 Å². The van der Waals surface area contributed by atoms with E-state index in [1.54, 1.807) is 0 Å². The van der Waals surface area contributed by atoms with Gasteiger partial charge in [-0.15, -0.1) is 0 Å². The summed E-state index contributed by atoms with van der Waals surface area (Å²) in [4.78, 5) is 14.3. The van der Waals surface area contributed by atoms with E-state index in [1.807, 2.05) is 24.3 Å². The van der Waals surface area contributed by atoms with Crippen molar-refractivity contribution in [1.82, 2.24) is 18.3 Å². The summed E-state index contributed by atoms with van der Waals surface area (Å²) in [5, 5.41) is 9.66. The van der Waals surface area contributed by atoms with E-state index >= 15 is 0 Å². The Morgan fingerprint density at radius 2 is 0.436 bits per heavy atom. The molecule has 0 fully saturated rings. The van der Waals surface area contributed by atoms with Gasteiger partial charge in [0.2, 0.25) is 0 Å². The molecule has 0 saturated heterocycles. The highest BCUT2D eigenvalue weighted by Crippen LogP contribution is 2.41. The van der Waals surface area contributed by atoms with Crippen LogP contribution in [-0.4, -0.2) is 24.1 Å². The van der Waals surface area contributed by atoms with Gasteiger partial charge in [0.1, 0.15) is 0 Å². The standard InChI is InChI=1S/C73H46N4O/c78-73(47-27-35-55(36-28-47)76-67-25-13-9-21-59(67)63-45-51(33-41-71(63)76)49-31-39-69-61(43-49)57-19-7-11-23-65(57)74(69)53-15-3-1-4-16-53)48-29-37-56(38-30-48)77-68-26-14-10-22-60(68)64-46-52(34-42-72(64)77)50-32-40-70-62(44-50)58-20-8-12-24-66(58)75(70)54-17-5-2-6-18-54/h1-46H. The third kappa shape index (κ3) is 6.71. The van der Waals surface area contributed by atoms with Crippen molar-refractivity contribution in [2.24, 2.45) is 0 Å². The normalized spacial score (nSPS) is 11.9. The van der Waals surface area contributed by atoms with Crippen molar-refractivity contribution in [3.05, 3.63) is 290 Å². The SMILES string of the molecule is O=C(c1ccc(-n2c3ccccc3c3cc(-c4ccc5c(c4)c4ccccc4n5-c4ccccc4)ccc32)cc1)c1ccc(-n2c3ccccc3c3cc(-c4ccc5c(c4)c4ccccc4n5-c4ccccc4)ccc32)cc1. The van der Waals surface area contributed by atoms with E-state index in [-0.39, 0.29) is 5.78 Å². The minimum absolute atomic E-state index is 0.0143. The van der Waals surface area contributed by atoms with Crippen molar-refractivity contribution >= 4 is 93.0 Å². The van der Waals surface area contributed by atoms with E-state index in [2.05, 4.69) is 273 Å². The van der Waals surface area contributed by atoms with Gasteiger partial charge in [0.05, 0.1) is 44.1 Å². The van der Waals surface area contributed by atoms with Crippen molar-refractivity contribution in [3.8, 4) is 45.0 Å². The van der Waals surface area contributed by atoms with Crippen molar-refractivity contribution in [3.63, 3.8) is 0 Å². The Balaban J connectivity index is 0.704. The number of nitrogens with zero attached hydrogens (tertiary/aromatic N) is 4. The lowest BCUT2D eigenvalue weighted by atomic mass is 10.0. The van der Waals surface area contributed by atoms with Crippen LogP contribution in [0.1, 0.15) is 15.9 Å². The van der Waals surface area contributed by atoms with Crippen LogP contribution >= 0.6 is 0 Å². The fraction of sp³-hybridized carbons (Fsp3) is 0. The Bertz CT molecular complexity index is 4750. The molecule has 4 heterocycles. The van der Waals surface area contributed by atoms with Crippen molar-refractivity contribution in [2.75, 3.05) is 0 Å². The van der Waals surface area contributed by atoms with Gasteiger partial charge >= 0.3 is 0 Å². The molecule has 0 atom stereocenters. The first kappa shape index (κ1) is 43.9. The number of para-hydroxylation sites is 6. The minimum Gasteiger partial charge on any atom is -0.309 e. The summed E-state index contributed by atoms with van der Waals surface area (Å²) in [6, 6.07) is 99.2. The number of fused-ring (bicyclic) bond motifs is 12. The summed E-state index contributed by atoms with van der Waals surface area (Å²) < 4.78 is 9.34. The molecule has 0 unspecified atom stereocenters. The highest BCUT2D eigenvalue weighted by atomic mass is 16.1. The van der Waals surface area contributed by atoms with Crippen LogP contribution in [0.5, 0.6) is 0 Å². The average Bonchev–Trinajstić information content (AvgIpc) is 4.29. The number of hydrogen-bond acceptors (Lipinski definition) is 1. The number of benzene rings is 12. The molecule has 5 nitrogen and oxygen atoms in total. The van der Waals surface area contributed by atoms with Gasteiger partial charge in [-0.25, -0.2) is 0 Å². The third-order valence-corrected chi connectivity index (χ3v) is 16.2. The maximum atomic E-state index is 14.3. The Morgan fingerprint density at radius 3 is 0.718 bits per heavy atom. The van der Waals surface area contributed by atoms with E-state index in [1.165, 1.54) is 76.3 Å². The first-order valence-corrected chi connectivity index (χ1v) is 26.6. The Morgan fingerprint density at radius 1 is 0.205 bits per heavy atom. The molecule has 4 aromatic heterocycles. The molecule has 5 heteroatoms. The van der Waals surface area contributed by atoms with Gasteiger partial charge in [-0.05, 0) is 168 Å². The first-order chi connectivity index (χ1) is 38.6. The summed E-state index contributed by atoms with van der Waals surface area (Å²) in [6.45, 7) is 0. The smallest absolute Gasteiger partial charge is 0.193 e. The highest BCUT2D eigenvalue weighted by molar-refractivity contribution is 6.15. The summed E-state index contributed by atoms with van der Waals surface area (Å²) in [7, 11) is 0. The van der Waals surface area contributed by atoms with Crippen LogP contribution < -0.4 is 0 Å². The van der Waals surface area contributed by atoms with Gasteiger partial charge in [0.15, 0.2) is 5.78 Å². The molecule has 78 heavy (non-hydrogen) atoms. The summed E-state index contributed by atoms with van der Waals surface area (Å²) in [5.41, 5.74) is 19.5. The fourth-order valence-electron chi connectivity index (χ4n) is 12.6. The van der Waals surface area contributed by atoms with Crippen LogP contribution in [-0.2, 0) is 0 Å². The largest absolute Gasteiger partial charge is 0.309 e. The maximum Gasteiger partial charge on any atom is 0.193 e. The van der Waals surface area contributed by atoms with Crippen LogP contribution in [0, 0.1) is 0 Å². The predicted octanol–water partition coefficient (Wildman–Crippen LogP) is 18.6. The van der Waals surface area contributed by atoms with Crippen LogP contribution in [0.25, 0.3) is 132 Å². The maximum absolute atomic E-state index is 14.3. The molecule has 0 radical (unpaired) electrons. The quantitative estimate of drug-likeness (QED) is 0.140. The number of hydrogen-bond donors (Lipinski definition) is 0. The van der Waals surface area contributed by atoms with Gasteiger partial charge in [0, 0.05) is 77.0 Å². The zero-order valence-corrected chi connectivity index (χ0v) is 42.3. The van der Waals surface area contributed by atoms with Gasteiger partial charge in [-0.1, -0.05) is 133 Å². The fourth-order valence-corrected chi connectivity index (χ4v) is 12.6. The topological polar surface area (TPSA) is 36.8 Å². The van der Waals surface area contributed by atoms with Crippen LogP contribution in [0.4, 0.5) is 0 Å². The molecule has 0 aliphatic heterocycles. The summed E-state index contributed by atoms with van der Waals surface area (Å²) >= 11 is 0. The second kappa shape index (κ2) is 17.3. The zero-order chi connectivity index (χ0) is 51.4. The lowest BCUT2D eigenvalue weighted by Gasteiger charge is -2.11. The number of carbonyl (C=O) groups is 1. The third-order valence-electron chi connectivity index (χ3n) is 16.2. The van der Waals surface area contributed by atoms with E-state index in [0.717, 1.165) is 55.9 Å². The van der Waals surface area contributed by atoms with Crippen LogP contribution in [0.3, 0.4) is 0 Å². The molecule has 0 bridgehead atoms. The van der Waals surface area contributed by atoms with E-state index in [0.29, 0.717) is 11.1 Å². The van der Waals surface area contributed by atoms with E-state index < -0.39 is 0 Å². The molecule has 16 aromatic rings. The van der Waals surface area contributed by atoms with E-state index in [4.69, 9.17) is 0 Å². The lowest BCUT2D eigenvalue weighted by molar-refractivity contribution is 0.103. The number of carbonyl (C=O) groups excluding carboxylic acids is 1. The number of ketones is 1. The second-order valence-corrected chi connectivity index (χ2v) is 20.4. The Hall–Kier alpha value is -10.5. The van der Waals surface area contributed by atoms with Crippen molar-refractivity contribution in [1.29, 1.82) is 0 Å². The van der Waals surface area contributed by atoms with Crippen LogP contribution in [0.15, 0.2) is 279 Å². The van der Waals surface area contributed by atoms with Gasteiger partial charge in [0.25, 0.3) is 0 Å². The zero-order valence-electron chi connectivity index (χ0n) is 42.3. The predicted molar refractivity (Wildman–Crippen MR) is 325 cm³/mol.